The molecule has 1 saturated heterocycles. The third kappa shape index (κ3) is 4.95. The Morgan fingerprint density at radius 1 is 1.14 bits per heavy atom. The number of anilines is 2. The van der Waals surface area contributed by atoms with Crippen molar-refractivity contribution in [3.8, 4) is 0 Å². The van der Waals surface area contributed by atoms with Crippen molar-refractivity contribution in [1.29, 1.82) is 0 Å². The molecule has 1 aliphatic rings. The molecule has 1 fully saturated rings. The molecule has 2 aromatic carbocycles. The summed E-state index contributed by atoms with van der Waals surface area (Å²) in [6.45, 7) is 1.15. The summed E-state index contributed by atoms with van der Waals surface area (Å²) >= 11 is 7.50. The number of para-hydroxylation sites is 1. The van der Waals surface area contributed by atoms with E-state index in [1.54, 1.807) is 27.3 Å². The topological polar surface area (TPSA) is 105 Å². The monoisotopic (exact) mass is 545 g/mol. The highest BCUT2D eigenvalue weighted by molar-refractivity contribution is 7.93. The maximum absolute atomic E-state index is 12.8. The average molecular weight is 546 g/mol. The van der Waals surface area contributed by atoms with Crippen molar-refractivity contribution in [2.45, 2.75) is 17.9 Å². The number of benzene rings is 2. The van der Waals surface area contributed by atoms with Crippen LogP contribution in [0.1, 0.15) is 7.85 Å². The molecule has 188 valence electrons. The number of aryl methyl sites for hydroxylation is 1. The third-order valence-electron chi connectivity index (χ3n) is 5.99. The minimum atomic E-state index is -3.77. The fraction of sp³-hybridized carbons (Fsp3) is 0.208. The van der Waals surface area contributed by atoms with Gasteiger partial charge in [-0.1, -0.05) is 23.7 Å². The van der Waals surface area contributed by atoms with Crippen LogP contribution in [0.2, 0.25) is 5.02 Å². The molecule has 0 radical (unpaired) electrons. The van der Waals surface area contributed by atoms with E-state index >= 15 is 0 Å². The largest absolute Gasteiger partial charge is 0.346 e. The molecule has 0 aliphatic carbocycles. The Hall–Kier alpha value is -3.41. The number of fused-ring (bicyclic) bond motifs is 1. The Morgan fingerprint density at radius 2 is 1.94 bits per heavy atom. The number of carbonyl (C=O) groups excluding carboxylic acids is 2. The van der Waals surface area contributed by atoms with E-state index in [9.17, 15) is 18.0 Å². The minimum absolute atomic E-state index is 0. The maximum Gasteiger partial charge on any atom is 0.263 e. The lowest BCUT2D eigenvalue weighted by Crippen LogP contribution is -2.52. The summed E-state index contributed by atoms with van der Waals surface area (Å²) in [4.78, 5) is 32.8. The second-order valence-electron chi connectivity index (χ2n) is 8.23. The van der Waals surface area contributed by atoms with E-state index in [-0.39, 0.29) is 36.2 Å². The van der Waals surface area contributed by atoms with Gasteiger partial charge in [0.1, 0.15) is 6.54 Å². The van der Waals surface area contributed by atoms with Gasteiger partial charge in [0, 0.05) is 56.3 Å². The molecule has 9 nitrogen and oxygen atoms in total. The van der Waals surface area contributed by atoms with Crippen LogP contribution in [0.25, 0.3) is 10.9 Å². The highest BCUT2D eigenvalue weighted by atomic mass is 35.5. The summed E-state index contributed by atoms with van der Waals surface area (Å²) < 4.78 is 29.4. The molecule has 0 unspecified atom stereocenters. The molecule has 12 heteroatoms. The van der Waals surface area contributed by atoms with Gasteiger partial charge in [-0.15, -0.1) is 11.3 Å². The van der Waals surface area contributed by atoms with Gasteiger partial charge in [-0.2, -0.15) is 0 Å². The van der Waals surface area contributed by atoms with Crippen molar-refractivity contribution in [3.05, 3.63) is 71.3 Å². The molecular formula is C24H24ClN5O4S2. The zero-order chi connectivity index (χ0) is 25.3. The number of rotatable bonds is 7. The van der Waals surface area contributed by atoms with Crippen molar-refractivity contribution in [2.75, 3.05) is 29.3 Å². The van der Waals surface area contributed by atoms with Gasteiger partial charge >= 0.3 is 0 Å². The van der Waals surface area contributed by atoms with Gasteiger partial charge in [0.25, 0.3) is 10.0 Å². The van der Waals surface area contributed by atoms with Gasteiger partial charge in [-0.3, -0.25) is 14.3 Å². The quantitative estimate of drug-likeness (QED) is 0.377. The fourth-order valence-corrected chi connectivity index (χ4v) is 6.27. The van der Waals surface area contributed by atoms with Crippen molar-refractivity contribution in [1.82, 2.24) is 14.5 Å². The molecule has 4 aromatic rings. The van der Waals surface area contributed by atoms with E-state index in [0.717, 1.165) is 10.9 Å². The molecule has 0 saturated carbocycles. The Kier molecular flexibility index (Phi) is 6.69. The first kappa shape index (κ1) is 24.3. The fourth-order valence-electron chi connectivity index (χ4n) is 4.19. The summed E-state index contributed by atoms with van der Waals surface area (Å²) in [6, 6.07) is 13.7. The van der Waals surface area contributed by atoms with Gasteiger partial charge < -0.3 is 14.4 Å². The number of nitrogens with one attached hydrogen (secondary N) is 1. The smallest absolute Gasteiger partial charge is 0.263 e. The standard InChI is InChI=1S/C24H22ClN5O4S2.H2/c25-20-3-1-2-17-8-11-28(23(17)20)12-9-21(31)29-13-14-30(22(32)16-29)18-4-6-19(7-5-18)36(33,34)27-24-26-10-15-35-24;/h1-8,10-11,15H,9,12-14,16H2,(H,26,27);1H. The molecule has 3 heterocycles. The highest BCUT2D eigenvalue weighted by Crippen LogP contribution is 2.25. The van der Waals surface area contributed by atoms with E-state index in [1.807, 2.05) is 35.0 Å². The number of piperazine rings is 1. The molecule has 2 aromatic heterocycles. The second kappa shape index (κ2) is 9.92. The van der Waals surface area contributed by atoms with Crippen LogP contribution in [-0.4, -0.2) is 54.3 Å². The molecule has 2 amide bonds. The molecule has 1 aliphatic heterocycles. The summed E-state index contributed by atoms with van der Waals surface area (Å²) in [5, 5.41) is 3.60. The number of hydrogen-bond acceptors (Lipinski definition) is 6. The van der Waals surface area contributed by atoms with E-state index < -0.39 is 10.0 Å². The lowest BCUT2D eigenvalue weighted by atomic mass is 10.2. The van der Waals surface area contributed by atoms with Crippen molar-refractivity contribution in [2.24, 2.45) is 0 Å². The summed E-state index contributed by atoms with van der Waals surface area (Å²) in [5.41, 5.74) is 1.47. The van der Waals surface area contributed by atoms with Gasteiger partial charge in [0.15, 0.2) is 5.13 Å². The van der Waals surface area contributed by atoms with E-state index in [1.165, 1.54) is 29.7 Å². The van der Waals surface area contributed by atoms with E-state index in [4.69, 9.17) is 11.6 Å². The number of halogens is 1. The zero-order valence-electron chi connectivity index (χ0n) is 19.0. The normalized spacial score (nSPS) is 14.4. The van der Waals surface area contributed by atoms with Gasteiger partial charge in [0.2, 0.25) is 11.8 Å². The Balaban J connectivity index is 0.00000320. The number of thiazole rings is 1. The summed E-state index contributed by atoms with van der Waals surface area (Å²) in [5.74, 6) is -0.327. The van der Waals surface area contributed by atoms with Crippen LogP contribution >= 0.6 is 22.9 Å². The Bertz CT molecular complexity index is 1520. The van der Waals surface area contributed by atoms with Crippen LogP contribution in [0.5, 0.6) is 0 Å². The predicted molar refractivity (Wildman–Crippen MR) is 142 cm³/mol. The molecule has 1 N–H and O–H groups in total. The van der Waals surface area contributed by atoms with Gasteiger partial charge in [0.05, 0.1) is 15.4 Å². The van der Waals surface area contributed by atoms with Crippen LogP contribution < -0.4 is 9.62 Å². The number of aromatic nitrogens is 2. The van der Waals surface area contributed by atoms with Gasteiger partial charge in [-0.05, 0) is 36.4 Å². The van der Waals surface area contributed by atoms with E-state index in [2.05, 4.69) is 9.71 Å². The molecule has 0 atom stereocenters. The first-order chi connectivity index (χ1) is 17.3. The lowest BCUT2D eigenvalue weighted by molar-refractivity contribution is -0.137. The van der Waals surface area contributed by atoms with Crippen molar-refractivity contribution in [3.63, 3.8) is 0 Å². The Morgan fingerprint density at radius 3 is 2.67 bits per heavy atom. The molecule has 0 bridgehead atoms. The van der Waals surface area contributed by atoms with Crippen LogP contribution in [0.15, 0.2) is 71.2 Å². The Labute approximate surface area is 218 Å². The third-order valence-corrected chi connectivity index (χ3v) is 8.47. The number of amides is 2. The van der Waals surface area contributed by atoms with Gasteiger partial charge in [-0.25, -0.2) is 13.4 Å². The van der Waals surface area contributed by atoms with Crippen molar-refractivity contribution >= 4 is 66.5 Å². The first-order valence-corrected chi connectivity index (χ1v) is 13.9. The number of sulfonamides is 1. The number of carbonyl (C=O) groups is 2. The second-order valence-corrected chi connectivity index (χ2v) is 11.2. The van der Waals surface area contributed by atoms with E-state index in [0.29, 0.717) is 30.3 Å². The molecule has 5 rings (SSSR count). The molecule has 0 spiro atoms. The lowest BCUT2D eigenvalue weighted by Gasteiger charge is -2.34. The molecular weight excluding hydrogens is 522 g/mol. The summed E-state index contributed by atoms with van der Waals surface area (Å²) in [6.07, 6.45) is 3.67. The zero-order valence-corrected chi connectivity index (χ0v) is 21.4. The predicted octanol–water partition coefficient (Wildman–Crippen LogP) is 4.06. The van der Waals surface area contributed by atoms with Crippen LogP contribution in [0.4, 0.5) is 10.8 Å². The van der Waals surface area contributed by atoms with Crippen LogP contribution in [0, 0.1) is 0 Å². The number of hydrogen-bond donors (Lipinski definition) is 1. The number of nitrogens with zero attached hydrogens (tertiary/aromatic N) is 4. The summed E-state index contributed by atoms with van der Waals surface area (Å²) in [7, 11) is -3.77. The SMILES string of the molecule is O=C(CCn1ccc2cccc(Cl)c21)N1CCN(c2ccc(S(=O)(=O)Nc3nccs3)cc2)C(=O)C1.[HH]. The minimum Gasteiger partial charge on any atom is -0.346 e. The molecule has 36 heavy (non-hydrogen) atoms. The highest BCUT2D eigenvalue weighted by Gasteiger charge is 2.28. The van der Waals surface area contributed by atoms with Crippen LogP contribution in [0.3, 0.4) is 0 Å². The maximum atomic E-state index is 12.8. The average Bonchev–Trinajstić information content (AvgIpc) is 3.53. The van der Waals surface area contributed by atoms with Crippen molar-refractivity contribution < 1.29 is 19.4 Å². The first-order valence-electron chi connectivity index (χ1n) is 11.2. The van der Waals surface area contributed by atoms with Crippen LogP contribution in [-0.2, 0) is 26.2 Å².